The SMILES string of the molecule is COc1cccc(Oc2ccc3nc(OC(=O)O)c(OCc4ccccc4)cc3c2)c1. The molecule has 7 heteroatoms. The molecule has 0 aliphatic rings. The maximum absolute atomic E-state index is 11.1. The van der Waals surface area contributed by atoms with Gasteiger partial charge in [-0.2, -0.15) is 0 Å². The molecule has 0 amide bonds. The third-order valence-electron chi connectivity index (χ3n) is 4.42. The zero-order valence-corrected chi connectivity index (χ0v) is 16.6. The number of carboxylic acid groups (broad SMARTS) is 1. The molecular weight excluding hydrogens is 398 g/mol. The molecule has 0 unspecified atom stereocenters. The summed E-state index contributed by atoms with van der Waals surface area (Å²) in [7, 11) is 1.59. The predicted molar refractivity (Wildman–Crippen MR) is 114 cm³/mol. The molecule has 156 valence electrons. The number of benzene rings is 3. The Hall–Kier alpha value is -4.26. The van der Waals surface area contributed by atoms with Crippen molar-refractivity contribution in [2.45, 2.75) is 6.61 Å². The number of rotatable bonds is 7. The summed E-state index contributed by atoms with van der Waals surface area (Å²) < 4.78 is 21.8. The zero-order valence-electron chi connectivity index (χ0n) is 16.6. The topological polar surface area (TPSA) is 87.1 Å². The van der Waals surface area contributed by atoms with Crippen LogP contribution in [0, 0.1) is 0 Å². The van der Waals surface area contributed by atoms with Gasteiger partial charge in [0.05, 0.1) is 12.6 Å². The van der Waals surface area contributed by atoms with Gasteiger partial charge in [-0.15, -0.1) is 0 Å². The molecule has 4 rings (SSSR count). The first-order valence-electron chi connectivity index (χ1n) is 9.45. The van der Waals surface area contributed by atoms with Crippen LogP contribution >= 0.6 is 0 Å². The van der Waals surface area contributed by atoms with Gasteiger partial charge in [-0.25, -0.2) is 9.78 Å². The number of hydrogen-bond donors (Lipinski definition) is 1. The fraction of sp³-hybridized carbons (Fsp3) is 0.0833. The Morgan fingerprint density at radius 2 is 1.68 bits per heavy atom. The number of ether oxygens (including phenoxy) is 4. The first-order chi connectivity index (χ1) is 15.1. The molecule has 3 aromatic carbocycles. The number of pyridine rings is 1. The minimum atomic E-state index is -1.46. The molecule has 0 saturated carbocycles. The smallest absolute Gasteiger partial charge is 0.497 e. The lowest BCUT2D eigenvalue weighted by Crippen LogP contribution is -2.07. The van der Waals surface area contributed by atoms with Gasteiger partial charge in [-0.3, -0.25) is 0 Å². The van der Waals surface area contributed by atoms with Gasteiger partial charge in [0.1, 0.15) is 23.9 Å². The molecule has 1 heterocycles. The monoisotopic (exact) mass is 417 g/mol. The molecule has 0 bridgehead atoms. The van der Waals surface area contributed by atoms with Crippen molar-refractivity contribution in [3.8, 4) is 28.9 Å². The van der Waals surface area contributed by atoms with E-state index >= 15 is 0 Å². The Kier molecular flexibility index (Phi) is 5.84. The quantitative estimate of drug-likeness (QED) is 0.388. The van der Waals surface area contributed by atoms with Gasteiger partial charge in [0.15, 0.2) is 5.75 Å². The van der Waals surface area contributed by atoms with Crippen LogP contribution in [0.5, 0.6) is 28.9 Å². The van der Waals surface area contributed by atoms with Crippen LogP contribution in [0.2, 0.25) is 0 Å². The van der Waals surface area contributed by atoms with E-state index in [1.165, 1.54) is 0 Å². The zero-order chi connectivity index (χ0) is 21.6. The van der Waals surface area contributed by atoms with Gasteiger partial charge in [-0.1, -0.05) is 36.4 Å². The van der Waals surface area contributed by atoms with E-state index in [1.54, 1.807) is 37.4 Å². The fourth-order valence-electron chi connectivity index (χ4n) is 2.98. The number of fused-ring (bicyclic) bond motifs is 1. The lowest BCUT2D eigenvalue weighted by molar-refractivity contribution is 0.140. The minimum absolute atomic E-state index is 0.114. The second-order valence-corrected chi connectivity index (χ2v) is 6.57. The molecule has 7 nitrogen and oxygen atoms in total. The summed E-state index contributed by atoms with van der Waals surface area (Å²) >= 11 is 0. The lowest BCUT2D eigenvalue weighted by atomic mass is 10.2. The Labute approximate surface area is 178 Å². The van der Waals surface area contributed by atoms with Crippen molar-refractivity contribution in [2.75, 3.05) is 7.11 Å². The summed E-state index contributed by atoms with van der Waals surface area (Å²) in [6.45, 7) is 0.240. The van der Waals surface area contributed by atoms with Crippen molar-refractivity contribution < 1.29 is 28.8 Å². The van der Waals surface area contributed by atoms with Crippen molar-refractivity contribution >= 4 is 17.1 Å². The van der Waals surface area contributed by atoms with Crippen LogP contribution in [0.3, 0.4) is 0 Å². The lowest BCUT2D eigenvalue weighted by Gasteiger charge is -2.12. The van der Waals surface area contributed by atoms with E-state index in [0.29, 0.717) is 28.2 Å². The molecule has 0 radical (unpaired) electrons. The van der Waals surface area contributed by atoms with E-state index in [-0.39, 0.29) is 18.2 Å². The van der Waals surface area contributed by atoms with Crippen molar-refractivity contribution in [2.24, 2.45) is 0 Å². The van der Waals surface area contributed by atoms with Crippen LogP contribution in [-0.4, -0.2) is 23.4 Å². The highest BCUT2D eigenvalue weighted by Gasteiger charge is 2.14. The van der Waals surface area contributed by atoms with Gasteiger partial charge in [-0.05, 0) is 42.0 Å². The van der Waals surface area contributed by atoms with Crippen LogP contribution in [0.4, 0.5) is 4.79 Å². The van der Waals surface area contributed by atoms with Crippen LogP contribution in [0.1, 0.15) is 5.56 Å². The third-order valence-corrected chi connectivity index (χ3v) is 4.42. The fourth-order valence-corrected chi connectivity index (χ4v) is 2.98. The molecule has 1 N–H and O–H groups in total. The molecule has 4 aromatic rings. The summed E-state index contributed by atoms with van der Waals surface area (Å²) in [6, 6.07) is 23.7. The van der Waals surface area contributed by atoms with E-state index in [4.69, 9.17) is 24.1 Å². The van der Waals surface area contributed by atoms with E-state index in [9.17, 15) is 4.79 Å². The summed E-state index contributed by atoms with van der Waals surface area (Å²) in [5.74, 6) is 2.00. The number of nitrogens with zero attached hydrogens (tertiary/aromatic N) is 1. The van der Waals surface area contributed by atoms with Crippen molar-refractivity contribution in [3.05, 3.63) is 84.4 Å². The summed E-state index contributed by atoms with van der Waals surface area (Å²) in [6.07, 6.45) is -1.46. The van der Waals surface area contributed by atoms with Gasteiger partial charge in [0.2, 0.25) is 0 Å². The first-order valence-corrected chi connectivity index (χ1v) is 9.45. The van der Waals surface area contributed by atoms with Gasteiger partial charge in [0, 0.05) is 11.5 Å². The molecule has 0 saturated heterocycles. The normalized spacial score (nSPS) is 10.5. The molecule has 0 aliphatic carbocycles. The number of aromatic nitrogens is 1. The maximum Gasteiger partial charge on any atom is 0.512 e. The number of methoxy groups -OCH3 is 1. The summed E-state index contributed by atoms with van der Waals surface area (Å²) in [5, 5.41) is 9.76. The molecule has 31 heavy (non-hydrogen) atoms. The third kappa shape index (κ3) is 5.02. The van der Waals surface area contributed by atoms with E-state index in [2.05, 4.69) is 4.98 Å². The van der Waals surface area contributed by atoms with Crippen molar-refractivity contribution in [1.29, 1.82) is 0 Å². The maximum atomic E-state index is 11.1. The highest BCUT2D eigenvalue weighted by atomic mass is 16.7. The average molecular weight is 417 g/mol. The van der Waals surface area contributed by atoms with Crippen LogP contribution < -0.4 is 18.9 Å². The Bertz CT molecular complexity index is 1210. The second kappa shape index (κ2) is 9.04. The van der Waals surface area contributed by atoms with Gasteiger partial charge >= 0.3 is 6.16 Å². The second-order valence-electron chi connectivity index (χ2n) is 6.57. The molecule has 1 aromatic heterocycles. The molecule has 0 fully saturated rings. The van der Waals surface area contributed by atoms with Gasteiger partial charge < -0.3 is 24.1 Å². The largest absolute Gasteiger partial charge is 0.512 e. The summed E-state index contributed by atoms with van der Waals surface area (Å²) in [5.41, 5.74) is 1.47. The Morgan fingerprint density at radius 3 is 2.45 bits per heavy atom. The van der Waals surface area contributed by atoms with Gasteiger partial charge in [0.25, 0.3) is 5.88 Å². The Balaban J connectivity index is 1.64. The standard InChI is InChI=1S/C24H19NO6/c1-28-18-8-5-9-19(14-18)30-20-10-11-21-17(12-20)13-22(23(25-21)31-24(26)27)29-15-16-6-3-2-4-7-16/h2-14H,15H2,1H3,(H,26,27). The van der Waals surface area contributed by atoms with Crippen LogP contribution in [0.15, 0.2) is 78.9 Å². The summed E-state index contributed by atoms with van der Waals surface area (Å²) in [4.78, 5) is 15.4. The van der Waals surface area contributed by atoms with Crippen molar-refractivity contribution in [1.82, 2.24) is 4.98 Å². The molecule has 0 spiro atoms. The predicted octanol–water partition coefficient (Wildman–Crippen LogP) is 5.67. The highest BCUT2D eigenvalue weighted by molar-refractivity contribution is 5.83. The van der Waals surface area contributed by atoms with E-state index in [1.807, 2.05) is 48.5 Å². The average Bonchev–Trinajstić information content (AvgIpc) is 2.78. The van der Waals surface area contributed by atoms with Crippen LogP contribution in [-0.2, 0) is 6.61 Å². The van der Waals surface area contributed by atoms with E-state index in [0.717, 1.165) is 5.56 Å². The highest BCUT2D eigenvalue weighted by Crippen LogP contribution is 2.33. The number of carbonyl (C=O) groups is 1. The molecular formula is C24H19NO6. The molecule has 0 atom stereocenters. The molecule has 0 aliphatic heterocycles. The number of hydrogen-bond acceptors (Lipinski definition) is 6. The van der Waals surface area contributed by atoms with Crippen molar-refractivity contribution in [3.63, 3.8) is 0 Å². The Morgan fingerprint density at radius 1 is 0.903 bits per heavy atom. The first kappa shape index (κ1) is 20.0. The van der Waals surface area contributed by atoms with E-state index < -0.39 is 6.16 Å². The minimum Gasteiger partial charge on any atom is -0.497 e. The van der Waals surface area contributed by atoms with Crippen LogP contribution in [0.25, 0.3) is 10.9 Å².